The van der Waals surface area contributed by atoms with Gasteiger partial charge in [0.2, 0.25) is 0 Å². The van der Waals surface area contributed by atoms with Crippen LogP contribution in [0.4, 0.5) is 0 Å². The predicted molar refractivity (Wildman–Crippen MR) is 78.0 cm³/mol. The van der Waals surface area contributed by atoms with Crippen LogP contribution in [0, 0.1) is 6.92 Å². The zero-order chi connectivity index (χ0) is 14.5. The Labute approximate surface area is 121 Å². The molecule has 1 aromatic heterocycles. The Hall–Kier alpha value is -2.05. The van der Waals surface area contributed by atoms with Crippen LogP contribution in [0.15, 0.2) is 30.3 Å². The van der Waals surface area contributed by atoms with E-state index < -0.39 is 0 Å². The van der Waals surface area contributed by atoms with Crippen molar-refractivity contribution in [2.24, 2.45) is 5.84 Å². The van der Waals surface area contributed by atoms with Crippen LogP contribution in [-0.4, -0.2) is 13.0 Å². The lowest BCUT2D eigenvalue weighted by molar-refractivity contribution is 0.0957. The van der Waals surface area contributed by atoms with E-state index in [1.54, 1.807) is 13.2 Å². The Morgan fingerprint density at radius 3 is 2.55 bits per heavy atom. The summed E-state index contributed by atoms with van der Waals surface area (Å²) in [5, 5.41) is 0. The maximum atomic E-state index is 11.4. The van der Waals surface area contributed by atoms with Gasteiger partial charge in [-0.25, -0.2) is 5.84 Å². The third kappa shape index (κ3) is 3.28. The van der Waals surface area contributed by atoms with E-state index in [-0.39, 0.29) is 5.91 Å². The number of hydrogen-bond acceptors (Lipinski definition) is 5. The van der Waals surface area contributed by atoms with Crippen LogP contribution in [-0.2, 0) is 6.61 Å². The molecule has 106 valence electrons. The van der Waals surface area contributed by atoms with Gasteiger partial charge in [0.05, 0.1) is 12.0 Å². The van der Waals surface area contributed by atoms with Gasteiger partial charge in [-0.15, -0.1) is 11.3 Å². The van der Waals surface area contributed by atoms with Crippen LogP contribution in [0.5, 0.6) is 11.5 Å². The molecule has 0 atom stereocenters. The highest BCUT2D eigenvalue weighted by atomic mass is 32.1. The molecule has 1 aromatic carbocycles. The molecule has 3 N–H and O–H groups in total. The van der Waals surface area contributed by atoms with E-state index in [0.717, 1.165) is 21.9 Å². The fourth-order valence-corrected chi connectivity index (χ4v) is 2.61. The van der Waals surface area contributed by atoms with E-state index in [1.807, 2.05) is 31.2 Å². The van der Waals surface area contributed by atoms with Gasteiger partial charge in [-0.3, -0.25) is 10.2 Å². The fourth-order valence-electron chi connectivity index (χ4n) is 1.68. The molecule has 0 aliphatic carbocycles. The minimum atomic E-state index is -0.284. The van der Waals surface area contributed by atoms with Crippen LogP contribution in [0.25, 0.3) is 0 Å². The molecule has 2 rings (SSSR count). The van der Waals surface area contributed by atoms with Gasteiger partial charge in [0.15, 0.2) is 0 Å². The Morgan fingerprint density at radius 2 is 1.95 bits per heavy atom. The lowest BCUT2D eigenvalue weighted by atomic mass is 10.2. The number of methoxy groups -OCH3 is 1. The Kier molecular flexibility index (Phi) is 4.60. The highest BCUT2D eigenvalue weighted by Gasteiger charge is 2.11. The number of nitrogen functional groups attached to an aromatic ring is 1. The van der Waals surface area contributed by atoms with Crippen LogP contribution in [0.3, 0.4) is 0 Å². The number of nitrogens with one attached hydrogen (secondary N) is 1. The van der Waals surface area contributed by atoms with Crippen LogP contribution >= 0.6 is 11.3 Å². The summed E-state index contributed by atoms with van der Waals surface area (Å²) >= 11 is 1.40. The molecule has 0 saturated carbocycles. The van der Waals surface area contributed by atoms with Gasteiger partial charge in [0.25, 0.3) is 5.91 Å². The van der Waals surface area contributed by atoms with Gasteiger partial charge in [0.1, 0.15) is 18.1 Å². The maximum Gasteiger partial charge on any atom is 0.275 e. The lowest BCUT2D eigenvalue weighted by Gasteiger charge is -2.06. The highest BCUT2D eigenvalue weighted by Crippen LogP contribution is 2.24. The molecule has 0 unspecified atom stereocenters. The summed E-state index contributed by atoms with van der Waals surface area (Å²) < 4.78 is 10.8. The molecule has 0 saturated heterocycles. The first-order chi connectivity index (χ1) is 9.63. The largest absolute Gasteiger partial charge is 0.497 e. The third-order valence-electron chi connectivity index (χ3n) is 2.83. The number of nitrogens with two attached hydrogens (primary N) is 1. The summed E-state index contributed by atoms with van der Waals surface area (Å²) in [5.41, 5.74) is 3.10. The zero-order valence-corrected chi connectivity index (χ0v) is 12.1. The molecule has 1 amide bonds. The molecule has 0 aliphatic heterocycles. The first-order valence-corrected chi connectivity index (χ1v) is 6.82. The molecular weight excluding hydrogens is 276 g/mol. The minimum Gasteiger partial charge on any atom is -0.497 e. The first kappa shape index (κ1) is 14.4. The van der Waals surface area contributed by atoms with Crippen molar-refractivity contribution in [3.05, 3.63) is 45.6 Å². The summed E-state index contributed by atoms with van der Waals surface area (Å²) in [5.74, 6) is 6.37. The second-order valence-corrected chi connectivity index (χ2v) is 5.39. The van der Waals surface area contributed by atoms with Crippen LogP contribution in [0.1, 0.15) is 20.1 Å². The number of amides is 1. The highest BCUT2D eigenvalue weighted by molar-refractivity contribution is 7.14. The number of hydrazine groups is 1. The number of carbonyl (C=O) groups excluding carboxylic acids is 1. The van der Waals surface area contributed by atoms with Gasteiger partial charge < -0.3 is 9.47 Å². The summed E-state index contributed by atoms with van der Waals surface area (Å²) in [7, 11) is 1.62. The van der Waals surface area contributed by atoms with E-state index in [1.165, 1.54) is 11.3 Å². The molecule has 20 heavy (non-hydrogen) atoms. The molecular formula is C14H16N2O3S. The van der Waals surface area contributed by atoms with Crippen molar-refractivity contribution < 1.29 is 14.3 Å². The summed E-state index contributed by atoms with van der Waals surface area (Å²) in [6, 6.07) is 9.15. The second kappa shape index (κ2) is 6.40. The van der Waals surface area contributed by atoms with Crippen LogP contribution < -0.4 is 20.7 Å². The molecule has 0 bridgehead atoms. The summed E-state index contributed by atoms with van der Waals surface area (Å²) in [4.78, 5) is 13.1. The molecule has 0 spiro atoms. The van der Waals surface area contributed by atoms with Gasteiger partial charge in [-0.1, -0.05) is 0 Å². The van der Waals surface area contributed by atoms with Crippen molar-refractivity contribution in [2.45, 2.75) is 13.5 Å². The average molecular weight is 292 g/mol. The fraction of sp³-hybridized carbons (Fsp3) is 0.214. The quantitative estimate of drug-likeness (QED) is 0.503. The van der Waals surface area contributed by atoms with Crippen molar-refractivity contribution in [1.82, 2.24) is 5.43 Å². The van der Waals surface area contributed by atoms with Crippen molar-refractivity contribution >= 4 is 17.2 Å². The number of aryl methyl sites for hydroxylation is 1. The van der Waals surface area contributed by atoms with E-state index in [4.69, 9.17) is 15.3 Å². The molecule has 6 heteroatoms. The zero-order valence-electron chi connectivity index (χ0n) is 11.3. The van der Waals surface area contributed by atoms with Gasteiger partial charge in [-0.05, 0) is 37.3 Å². The number of hydrogen-bond donors (Lipinski definition) is 2. The second-order valence-electron chi connectivity index (χ2n) is 4.13. The maximum absolute atomic E-state index is 11.4. The predicted octanol–water partition coefficient (Wildman–Crippen LogP) is 2.25. The molecule has 5 nitrogen and oxygen atoms in total. The smallest absolute Gasteiger partial charge is 0.275 e. The molecule has 1 heterocycles. The van der Waals surface area contributed by atoms with E-state index in [2.05, 4.69) is 5.43 Å². The molecule has 2 aromatic rings. The SMILES string of the molecule is COc1ccc(OCc2cc(C(=O)NN)sc2C)cc1. The summed E-state index contributed by atoms with van der Waals surface area (Å²) in [6.45, 7) is 2.36. The van der Waals surface area contributed by atoms with Crippen molar-refractivity contribution in [1.29, 1.82) is 0 Å². The number of ether oxygens (including phenoxy) is 2. The number of benzene rings is 1. The number of rotatable bonds is 5. The standard InChI is InChI=1S/C14H16N2O3S/c1-9-10(7-13(20-9)14(17)16-15)8-19-12-5-3-11(18-2)4-6-12/h3-7H,8,15H2,1-2H3,(H,16,17). The van der Waals surface area contributed by atoms with Crippen molar-refractivity contribution in [3.8, 4) is 11.5 Å². The number of thiophene rings is 1. The Bertz CT molecular complexity index is 593. The molecule has 0 aliphatic rings. The minimum absolute atomic E-state index is 0.284. The first-order valence-electron chi connectivity index (χ1n) is 6.01. The van der Waals surface area contributed by atoms with E-state index in [9.17, 15) is 4.79 Å². The molecule has 0 fully saturated rings. The van der Waals surface area contributed by atoms with Crippen LogP contribution in [0.2, 0.25) is 0 Å². The normalized spacial score (nSPS) is 10.2. The summed E-state index contributed by atoms with van der Waals surface area (Å²) in [6.07, 6.45) is 0. The van der Waals surface area contributed by atoms with E-state index >= 15 is 0 Å². The van der Waals surface area contributed by atoms with Crippen molar-refractivity contribution in [2.75, 3.05) is 7.11 Å². The van der Waals surface area contributed by atoms with Gasteiger partial charge in [-0.2, -0.15) is 0 Å². The monoisotopic (exact) mass is 292 g/mol. The third-order valence-corrected chi connectivity index (χ3v) is 3.92. The lowest BCUT2D eigenvalue weighted by Crippen LogP contribution is -2.29. The van der Waals surface area contributed by atoms with Crippen molar-refractivity contribution in [3.63, 3.8) is 0 Å². The van der Waals surface area contributed by atoms with Gasteiger partial charge >= 0.3 is 0 Å². The number of carbonyl (C=O) groups is 1. The average Bonchev–Trinajstić information content (AvgIpc) is 2.86. The molecule has 0 radical (unpaired) electrons. The van der Waals surface area contributed by atoms with Gasteiger partial charge in [0, 0.05) is 10.4 Å². The Morgan fingerprint density at radius 1 is 1.30 bits per heavy atom. The topological polar surface area (TPSA) is 73.6 Å². The Balaban J connectivity index is 2.02. The van der Waals surface area contributed by atoms with E-state index in [0.29, 0.717) is 11.5 Å².